The predicted octanol–water partition coefficient (Wildman–Crippen LogP) is 0.446. The molecule has 0 spiro atoms. The molecule has 0 unspecified atom stereocenters. The van der Waals surface area contributed by atoms with Crippen molar-refractivity contribution in [2.75, 3.05) is 6.54 Å². The molecule has 10 heavy (non-hydrogen) atoms. The quantitative estimate of drug-likeness (QED) is 0.589. The standard InChI is InChI=1S/C7H13NO2/c1-5-2-3-7(5,4-8)6(9)10/h5H,2-4,8H2,1H3,(H,9,10)/t5-,7+/m1/s1. The fourth-order valence-corrected chi connectivity index (χ4v) is 1.49. The van der Waals surface area contributed by atoms with E-state index in [0.29, 0.717) is 0 Å². The minimum atomic E-state index is -0.728. The predicted molar refractivity (Wildman–Crippen MR) is 37.5 cm³/mol. The van der Waals surface area contributed by atoms with Crippen molar-refractivity contribution in [1.29, 1.82) is 0 Å². The summed E-state index contributed by atoms with van der Waals surface area (Å²) in [6, 6.07) is 0. The first-order valence-electron chi connectivity index (χ1n) is 3.57. The highest BCUT2D eigenvalue weighted by molar-refractivity contribution is 5.76. The number of hydrogen-bond donors (Lipinski definition) is 2. The lowest BCUT2D eigenvalue weighted by atomic mass is 9.61. The fraction of sp³-hybridized carbons (Fsp3) is 0.857. The molecule has 1 rings (SSSR count). The third-order valence-electron chi connectivity index (χ3n) is 2.76. The average molecular weight is 143 g/mol. The van der Waals surface area contributed by atoms with Crippen LogP contribution < -0.4 is 5.73 Å². The van der Waals surface area contributed by atoms with E-state index in [1.54, 1.807) is 0 Å². The first-order valence-corrected chi connectivity index (χ1v) is 3.57. The van der Waals surface area contributed by atoms with Crippen molar-refractivity contribution in [2.45, 2.75) is 19.8 Å². The Kier molecular flexibility index (Phi) is 1.68. The topological polar surface area (TPSA) is 63.3 Å². The van der Waals surface area contributed by atoms with Gasteiger partial charge in [-0.05, 0) is 18.8 Å². The number of carboxylic acid groups (broad SMARTS) is 1. The summed E-state index contributed by atoms with van der Waals surface area (Å²) in [6.07, 6.45) is 1.75. The summed E-state index contributed by atoms with van der Waals surface area (Å²) in [6.45, 7) is 2.23. The molecule has 0 radical (unpaired) electrons. The second-order valence-corrected chi connectivity index (χ2v) is 3.11. The third kappa shape index (κ3) is 0.736. The van der Waals surface area contributed by atoms with Gasteiger partial charge in [-0.25, -0.2) is 0 Å². The minimum Gasteiger partial charge on any atom is -0.481 e. The Morgan fingerprint density at radius 1 is 1.90 bits per heavy atom. The van der Waals surface area contributed by atoms with Crippen LogP contribution in [0.2, 0.25) is 0 Å². The van der Waals surface area contributed by atoms with Crippen molar-refractivity contribution in [3.8, 4) is 0 Å². The molecule has 0 aromatic rings. The number of carboxylic acids is 1. The van der Waals surface area contributed by atoms with Crippen LogP contribution in [0.1, 0.15) is 19.8 Å². The van der Waals surface area contributed by atoms with Crippen molar-refractivity contribution in [3.63, 3.8) is 0 Å². The van der Waals surface area contributed by atoms with Gasteiger partial charge in [-0.15, -0.1) is 0 Å². The first-order chi connectivity index (χ1) is 4.63. The number of nitrogens with two attached hydrogens (primary N) is 1. The number of rotatable bonds is 2. The van der Waals surface area contributed by atoms with E-state index >= 15 is 0 Å². The Balaban J connectivity index is 2.69. The van der Waals surface area contributed by atoms with Crippen LogP contribution in [-0.2, 0) is 4.79 Å². The van der Waals surface area contributed by atoms with E-state index in [4.69, 9.17) is 10.8 Å². The van der Waals surface area contributed by atoms with Gasteiger partial charge in [-0.2, -0.15) is 0 Å². The minimum absolute atomic E-state index is 0.259. The van der Waals surface area contributed by atoms with Crippen LogP contribution in [-0.4, -0.2) is 17.6 Å². The van der Waals surface area contributed by atoms with E-state index in [0.717, 1.165) is 12.8 Å². The van der Waals surface area contributed by atoms with Crippen molar-refractivity contribution in [1.82, 2.24) is 0 Å². The number of aliphatic carboxylic acids is 1. The Labute approximate surface area is 60.2 Å². The normalized spacial score (nSPS) is 38.8. The van der Waals surface area contributed by atoms with E-state index in [1.165, 1.54) is 0 Å². The van der Waals surface area contributed by atoms with E-state index < -0.39 is 11.4 Å². The van der Waals surface area contributed by atoms with Crippen molar-refractivity contribution >= 4 is 5.97 Å². The molecule has 1 fully saturated rings. The smallest absolute Gasteiger partial charge is 0.311 e. The molecule has 1 saturated carbocycles. The zero-order valence-corrected chi connectivity index (χ0v) is 6.13. The summed E-state index contributed by atoms with van der Waals surface area (Å²) >= 11 is 0. The summed E-state index contributed by atoms with van der Waals surface area (Å²) in [5.74, 6) is -0.469. The van der Waals surface area contributed by atoms with E-state index in [2.05, 4.69) is 0 Å². The molecule has 0 heterocycles. The van der Waals surface area contributed by atoms with Crippen LogP contribution in [0.15, 0.2) is 0 Å². The van der Waals surface area contributed by atoms with Gasteiger partial charge in [0.2, 0.25) is 0 Å². The second-order valence-electron chi connectivity index (χ2n) is 3.11. The van der Waals surface area contributed by atoms with Gasteiger partial charge in [-0.1, -0.05) is 6.92 Å². The Hall–Kier alpha value is -0.570. The summed E-state index contributed by atoms with van der Waals surface area (Å²) in [7, 11) is 0. The molecule has 3 nitrogen and oxygen atoms in total. The van der Waals surface area contributed by atoms with E-state index in [1.807, 2.05) is 6.92 Å². The monoisotopic (exact) mass is 143 g/mol. The Bertz CT molecular complexity index is 154. The summed E-state index contributed by atoms with van der Waals surface area (Å²) in [4.78, 5) is 10.7. The number of hydrogen-bond acceptors (Lipinski definition) is 2. The molecule has 1 aliphatic carbocycles. The third-order valence-corrected chi connectivity index (χ3v) is 2.76. The molecule has 58 valence electrons. The van der Waals surface area contributed by atoms with Crippen molar-refractivity contribution in [3.05, 3.63) is 0 Å². The summed E-state index contributed by atoms with van der Waals surface area (Å²) in [5.41, 5.74) is 4.80. The van der Waals surface area contributed by atoms with Gasteiger partial charge in [0.05, 0.1) is 5.41 Å². The van der Waals surface area contributed by atoms with Crippen LogP contribution in [0.5, 0.6) is 0 Å². The fourth-order valence-electron chi connectivity index (χ4n) is 1.49. The van der Waals surface area contributed by atoms with Gasteiger partial charge in [0, 0.05) is 6.54 Å². The number of carbonyl (C=O) groups is 1. The van der Waals surface area contributed by atoms with E-state index in [-0.39, 0.29) is 12.5 Å². The van der Waals surface area contributed by atoms with Gasteiger partial charge in [0.15, 0.2) is 0 Å². The van der Waals surface area contributed by atoms with Gasteiger partial charge < -0.3 is 10.8 Å². The van der Waals surface area contributed by atoms with Gasteiger partial charge in [0.25, 0.3) is 0 Å². The Morgan fingerprint density at radius 3 is 2.50 bits per heavy atom. The molecule has 3 heteroatoms. The van der Waals surface area contributed by atoms with Gasteiger partial charge in [-0.3, -0.25) is 4.79 Å². The summed E-state index contributed by atoms with van der Waals surface area (Å²) in [5, 5.41) is 8.77. The maximum absolute atomic E-state index is 10.7. The zero-order chi connectivity index (χ0) is 7.78. The SMILES string of the molecule is C[C@@H]1CC[C@@]1(CN)C(=O)O. The lowest BCUT2D eigenvalue weighted by Crippen LogP contribution is -2.50. The zero-order valence-electron chi connectivity index (χ0n) is 6.13. The molecule has 1 aliphatic rings. The van der Waals surface area contributed by atoms with Gasteiger partial charge in [0.1, 0.15) is 0 Å². The highest BCUT2D eigenvalue weighted by Gasteiger charge is 2.49. The van der Waals surface area contributed by atoms with Crippen LogP contribution >= 0.6 is 0 Å². The van der Waals surface area contributed by atoms with Crippen LogP contribution in [0.4, 0.5) is 0 Å². The molecule has 0 amide bonds. The largest absolute Gasteiger partial charge is 0.481 e. The van der Waals surface area contributed by atoms with E-state index in [9.17, 15) is 4.79 Å². The molecule has 0 saturated heterocycles. The van der Waals surface area contributed by atoms with Crippen LogP contribution in [0, 0.1) is 11.3 Å². The summed E-state index contributed by atoms with van der Waals surface area (Å²) < 4.78 is 0. The maximum atomic E-state index is 10.7. The molecular formula is C7H13NO2. The van der Waals surface area contributed by atoms with Crippen molar-refractivity contribution in [2.24, 2.45) is 17.1 Å². The molecule has 2 atom stereocenters. The lowest BCUT2D eigenvalue weighted by Gasteiger charge is -2.43. The van der Waals surface area contributed by atoms with Gasteiger partial charge >= 0.3 is 5.97 Å². The Morgan fingerprint density at radius 2 is 2.50 bits per heavy atom. The molecular weight excluding hydrogens is 130 g/mol. The van der Waals surface area contributed by atoms with Crippen molar-refractivity contribution < 1.29 is 9.90 Å². The average Bonchev–Trinajstić information content (AvgIpc) is 1.86. The first kappa shape index (κ1) is 7.54. The lowest BCUT2D eigenvalue weighted by molar-refractivity contribution is -0.158. The molecule has 0 bridgehead atoms. The maximum Gasteiger partial charge on any atom is 0.311 e. The highest BCUT2D eigenvalue weighted by Crippen LogP contribution is 2.45. The molecule has 0 aromatic carbocycles. The molecule has 3 N–H and O–H groups in total. The molecule has 0 aromatic heterocycles. The van der Waals surface area contributed by atoms with Crippen LogP contribution in [0.25, 0.3) is 0 Å². The second kappa shape index (κ2) is 2.23. The van der Waals surface area contributed by atoms with Crippen LogP contribution in [0.3, 0.4) is 0 Å². The highest BCUT2D eigenvalue weighted by atomic mass is 16.4. The molecule has 0 aliphatic heterocycles.